The van der Waals surface area contributed by atoms with E-state index in [0.717, 1.165) is 43.1 Å². The Kier molecular flexibility index (Phi) is 4.88. The van der Waals surface area contributed by atoms with Crippen molar-refractivity contribution in [2.75, 3.05) is 5.32 Å². The molecular formula is C19H23N7. The molecule has 0 unspecified atom stereocenters. The van der Waals surface area contributed by atoms with Crippen LogP contribution in [0.25, 0.3) is 0 Å². The fourth-order valence-corrected chi connectivity index (χ4v) is 3.26. The van der Waals surface area contributed by atoms with E-state index in [9.17, 15) is 0 Å². The van der Waals surface area contributed by atoms with E-state index in [0.29, 0.717) is 18.5 Å². The Labute approximate surface area is 152 Å². The fourth-order valence-electron chi connectivity index (χ4n) is 3.26. The summed E-state index contributed by atoms with van der Waals surface area (Å²) in [5.41, 5.74) is 8.25. The fraction of sp³-hybridized carbons (Fsp3) is 0.368. The van der Waals surface area contributed by atoms with Crippen molar-refractivity contribution in [1.29, 1.82) is 0 Å². The summed E-state index contributed by atoms with van der Waals surface area (Å²) in [6, 6.07) is 12.8. The summed E-state index contributed by atoms with van der Waals surface area (Å²) in [5.74, 6) is 2.17. The number of nitrogens with zero attached hydrogens (tertiary/aromatic N) is 5. The van der Waals surface area contributed by atoms with Gasteiger partial charge in [0.25, 0.3) is 0 Å². The standard InChI is InChI=1S/C19H23N7/c20-16-8-15(9-16)17-10-18(23-12-22-17)21-11-19-25-24-13-26(19)7-6-14-4-2-1-3-5-14/h1-5,10,12-13,15-16H,6-9,11,20H2,(H,21,22,23). The molecule has 1 fully saturated rings. The smallest absolute Gasteiger partial charge is 0.152 e. The molecule has 134 valence electrons. The third-order valence-electron chi connectivity index (χ3n) is 4.89. The molecule has 26 heavy (non-hydrogen) atoms. The van der Waals surface area contributed by atoms with Crippen LogP contribution >= 0.6 is 0 Å². The van der Waals surface area contributed by atoms with E-state index in [4.69, 9.17) is 5.73 Å². The van der Waals surface area contributed by atoms with Crippen molar-refractivity contribution in [2.24, 2.45) is 5.73 Å². The van der Waals surface area contributed by atoms with Gasteiger partial charge in [0, 0.05) is 30.3 Å². The van der Waals surface area contributed by atoms with Crippen LogP contribution in [0.5, 0.6) is 0 Å². The van der Waals surface area contributed by atoms with Crippen LogP contribution in [0.3, 0.4) is 0 Å². The minimum Gasteiger partial charge on any atom is -0.363 e. The van der Waals surface area contributed by atoms with E-state index in [2.05, 4.69) is 54.3 Å². The highest BCUT2D eigenvalue weighted by Gasteiger charge is 2.28. The van der Waals surface area contributed by atoms with Crippen molar-refractivity contribution >= 4 is 5.82 Å². The van der Waals surface area contributed by atoms with Crippen LogP contribution in [-0.4, -0.2) is 30.8 Å². The molecule has 0 saturated heterocycles. The predicted molar refractivity (Wildman–Crippen MR) is 99.5 cm³/mol. The minimum absolute atomic E-state index is 0.314. The molecule has 0 radical (unpaired) electrons. The predicted octanol–water partition coefficient (Wildman–Crippen LogP) is 2.13. The van der Waals surface area contributed by atoms with Crippen molar-refractivity contribution in [2.45, 2.75) is 44.3 Å². The van der Waals surface area contributed by atoms with Crippen molar-refractivity contribution in [1.82, 2.24) is 24.7 Å². The lowest BCUT2D eigenvalue weighted by atomic mass is 9.79. The lowest BCUT2D eigenvalue weighted by Crippen LogP contribution is -2.35. The summed E-state index contributed by atoms with van der Waals surface area (Å²) in [6.07, 6.45) is 6.35. The lowest BCUT2D eigenvalue weighted by molar-refractivity contribution is 0.345. The summed E-state index contributed by atoms with van der Waals surface area (Å²) in [4.78, 5) is 8.69. The number of nitrogens with two attached hydrogens (primary N) is 1. The molecule has 1 aliphatic carbocycles. The second kappa shape index (κ2) is 7.61. The molecule has 2 heterocycles. The molecule has 2 aromatic heterocycles. The summed E-state index contributed by atoms with van der Waals surface area (Å²) >= 11 is 0. The molecule has 1 aliphatic rings. The maximum atomic E-state index is 5.88. The van der Waals surface area contributed by atoms with E-state index in [1.165, 1.54) is 5.56 Å². The monoisotopic (exact) mass is 349 g/mol. The highest BCUT2D eigenvalue weighted by Crippen LogP contribution is 2.34. The molecule has 7 nitrogen and oxygen atoms in total. The lowest BCUT2D eigenvalue weighted by Gasteiger charge is -2.31. The SMILES string of the molecule is NC1CC(c2cc(NCc3nncn3CCc3ccccc3)ncn2)C1. The number of nitrogens with one attached hydrogen (secondary N) is 1. The Morgan fingerprint density at radius 1 is 1.15 bits per heavy atom. The van der Waals surface area contributed by atoms with E-state index < -0.39 is 0 Å². The quantitative estimate of drug-likeness (QED) is 0.678. The van der Waals surface area contributed by atoms with E-state index in [1.807, 2.05) is 12.1 Å². The highest BCUT2D eigenvalue weighted by atomic mass is 15.3. The van der Waals surface area contributed by atoms with Gasteiger partial charge in [-0.1, -0.05) is 30.3 Å². The first kappa shape index (κ1) is 16.7. The second-order valence-corrected chi connectivity index (χ2v) is 6.79. The largest absolute Gasteiger partial charge is 0.363 e. The van der Waals surface area contributed by atoms with Crippen LogP contribution in [0.2, 0.25) is 0 Å². The Bertz CT molecular complexity index is 840. The molecule has 0 bridgehead atoms. The molecule has 0 atom stereocenters. The molecular weight excluding hydrogens is 326 g/mol. The van der Waals surface area contributed by atoms with E-state index in [-0.39, 0.29) is 0 Å². The Morgan fingerprint density at radius 2 is 2.00 bits per heavy atom. The van der Waals surface area contributed by atoms with Gasteiger partial charge in [0.05, 0.1) is 6.54 Å². The third-order valence-corrected chi connectivity index (χ3v) is 4.89. The van der Waals surface area contributed by atoms with Crippen molar-refractivity contribution in [3.63, 3.8) is 0 Å². The summed E-state index contributed by atoms with van der Waals surface area (Å²) in [7, 11) is 0. The Balaban J connectivity index is 1.35. The number of anilines is 1. The summed E-state index contributed by atoms with van der Waals surface area (Å²) in [5, 5.41) is 11.6. The van der Waals surface area contributed by atoms with Gasteiger partial charge in [0.2, 0.25) is 0 Å². The molecule has 3 N–H and O–H groups in total. The maximum Gasteiger partial charge on any atom is 0.152 e. The number of hydrogen-bond donors (Lipinski definition) is 2. The van der Waals surface area contributed by atoms with Crippen molar-refractivity contribution in [3.05, 3.63) is 66.1 Å². The van der Waals surface area contributed by atoms with Crippen LogP contribution in [-0.2, 0) is 19.5 Å². The first-order valence-electron chi connectivity index (χ1n) is 9.00. The first-order valence-corrected chi connectivity index (χ1v) is 9.00. The number of rotatable bonds is 7. The maximum absolute atomic E-state index is 5.88. The Hall–Kier alpha value is -2.80. The van der Waals surface area contributed by atoms with Gasteiger partial charge in [-0.15, -0.1) is 10.2 Å². The average molecular weight is 349 g/mol. The normalized spacial score (nSPS) is 19.1. The summed E-state index contributed by atoms with van der Waals surface area (Å²) < 4.78 is 2.08. The molecule has 0 spiro atoms. The van der Waals surface area contributed by atoms with E-state index in [1.54, 1.807) is 12.7 Å². The van der Waals surface area contributed by atoms with E-state index >= 15 is 0 Å². The second-order valence-electron chi connectivity index (χ2n) is 6.79. The Morgan fingerprint density at radius 3 is 2.81 bits per heavy atom. The van der Waals surface area contributed by atoms with Gasteiger partial charge in [-0.3, -0.25) is 0 Å². The molecule has 3 aromatic rings. The van der Waals surface area contributed by atoms with Gasteiger partial charge in [-0.2, -0.15) is 0 Å². The number of aryl methyl sites for hydroxylation is 2. The van der Waals surface area contributed by atoms with Gasteiger partial charge >= 0.3 is 0 Å². The average Bonchev–Trinajstić information content (AvgIpc) is 3.11. The minimum atomic E-state index is 0.314. The van der Waals surface area contributed by atoms with Crippen LogP contribution in [0.1, 0.15) is 35.8 Å². The highest BCUT2D eigenvalue weighted by molar-refractivity contribution is 5.36. The molecule has 1 aromatic carbocycles. The molecule has 4 rings (SSSR count). The van der Waals surface area contributed by atoms with Gasteiger partial charge in [0.15, 0.2) is 5.82 Å². The van der Waals surface area contributed by atoms with Crippen molar-refractivity contribution < 1.29 is 0 Å². The number of benzene rings is 1. The summed E-state index contributed by atoms with van der Waals surface area (Å²) in [6.45, 7) is 1.43. The van der Waals surface area contributed by atoms with Gasteiger partial charge in [0.1, 0.15) is 18.5 Å². The van der Waals surface area contributed by atoms with Crippen LogP contribution in [0.15, 0.2) is 49.1 Å². The van der Waals surface area contributed by atoms with Gasteiger partial charge in [-0.25, -0.2) is 9.97 Å². The zero-order chi connectivity index (χ0) is 17.8. The number of hydrogen-bond acceptors (Lipinski definition) is 6. The van der Waals surface area contributed by atoms with Crippen LogP contribution in [0.4, 0.5) is 5.82 Å². The zero-order valence-corrected chi connectivity index (χ0v) is 14.6. The van der Waals surface area contributed by atoms with Crippen LogP contribution in [0, 0.1) is 0 Å². The number of aromatic nitrogens is 5. The van der Waals surface area contributed by atoms with Gasteiger partial charge < -0.3 is 15.6 Å². The molecule has 7 heteroatoms. The van der Waals surface area contributed by atoms with Crippen molar-refractivity contribution in [3.8, 4) is 0 Å². The van der Waals surface area contributed by atoms with Gasteiger partial charge in [-0.05, 0) is 24.8 Å². The molecule has 1 saturated carbocycles. The zero-order valence-electron chi connectivity index (χ0n) is 14.6. The third kappa shape index (κ3) is 3.88. The molecule has 0 aliphatic heterocycles. The molecule has 0 amide bonds. The van der Waals surface area contributed by atoms with Crippen LogP contribution < -0.4 is 11.1 Å². The first-order chi connectivity index (χ1) is 12.8. The topological polar surface area (TPSA) is 94.5 Å².